The van der Waals surface area contributed by atoms with Gasteiger partial charge in [0.15, 0.2) is 5.82 Å². The lowest BCUT2D eigenvalue weighted by Crippen LogP contribution is -2.28. The van der Waals surface area contributed by atoms with Crippen LogP contribution in [0.15, 0.2) is 24.4 Å². The van der Waals surface area contributed by atoms with Crippen LogP contribution in [-0.2, 0) is 12.1 Å². The van der Waals surface area contributed by atoms with Gasteiger partial charge in [-0.2, -0.15) is 10.1 Å². The van der Waals surface area contributed by atoms with Crippen molar-refractivity contribution >= 4 is 22.8 Å². The van der Waals surface area contributed by atoms with Crippen LogP contribution in [0.3, 0.4) is 0 Å². The van der Waals surface area contributed by atoms with Crippen LogP contribution in [0, 0.1) is 0 Å². The second-order valence-corrected chi connectivity index (χ2v) is 7.98. The molecule has 0 bridgehead atoms. The molecular weight excluding hydrogens is 382 g/mol. The first kappa shape index (κ1) is 21.8. The molecule has 9 nitrogen and oxygen atoms in total. The molecule has 162 valence electrons. The summed E-state index contributed by atoms with van der Waals surface area (Å²) in [5.41, 5.74) is 15.0. The number of ether oxygens (including phenoxy) is 1. The number of aliphatic hydroxyl groups excluding tert-OH is 1. The van der Waals surface area contributed by atoms with Crippen molar-refractivity contribution < 1.29 is 9.84 Å². The number of hydrogen-bond donors (Lipinski definition) is 4. The van der Waals surface area contributed by atoms with Crippen molar-refractivity contribution in [2.75, 3.05) is 24.8 Å². The minimum absolute atomic E-state index is 0.0662. The Kier molecular flexibility index (Phi) is 6.42. The number of anilines is 2. The second kappa shape index (κ2) is 8.85. The van der Waals surface area contributed by atoms with Gasteiger partial charge in [-0.15, -0.1) is 0 Å². The van der Waals surface area contributed by atoms with Crippen LogP contribution in [0.2, 0.25) is 0 Å². The summed E-state index contributed by atoms with van der Waals surface area (Å²) in [7, 11) is 1.64. The summed E-state index contributed by atoms with van der Waals surface area (Å²) in [4.78, 5) is 8.71. The van der Waals surface area contributed by atoms with Crippen LogP contribution in [0.25, 0.3) is 11.0 Å². The lowest BCUT2D eigenvalue weighted by Gasteiger charge is -2.21. The van der Waals surface area contributed by atoms with Crippen molar-refractivity contribution in [3.05, 3.63) is 35.5 Å². The van der Waals surface area contributed by atoms with Crippen LogP contribution in [-0.4, -0.2) is 44.6 Å². The second-order valence-electron chi connectivity index (χ2n) is 7.98. The highest BCUT2D eigenvalue weighted by molar-refractivity contribution is 5.86. The molecule has 2 heterocycles. The van der Waals surface area contributed by atoms with Crippen molar-refractivity contribution in [2.45, 2.75) is 51.7 Å². The minimum Gasteiger partial charge on any atom is -0.496 e. The maximum Gasteiger partial charge on any atom is 0.222 e. The van der Waals surface area contributed by atoms with Gasteiger partial charge in [-0.25, -0.2) is 4.98 Å². The molecule has 0 aliphatic rings. The van der Waals surface area contributed by atoms with E-state index in [0.29, 0.717) is 24.3 Å². The number of nitrogen functional groups attached to an aromatic ring is 1. The molecule has 30 heavy (non-hydrogen) atoms. The summed E-state index contributed by atoms with van der Waals surface area (Å²) in [6, 6.07) is 6.04. The number of nitrogens with two attached hydrogens (primary N) is 2. The zero-order valence-electron chi connectivity index (χ0n) is 18.0. The standard InChI is InChI=1S/C21H31N7O2/c1-5-15(8-9-29)25-19-18-16(26-20(22)27-19)11-24-28(18)12-13-6-7-14(21(2,3)23)10-17(13)30-4/h6-7,10-11,15,29H,5,8-9,12,23H2,1-4H3,(H3,22,25,26,27). The van der Waals surface area contributed by atoms with Crippen molar-refractivity contribution in [3.8, 4) is 5.75 Å². The maximum atomic E-state index is 9.32. The molecule has 0 aliphatic carbocycles. The van der Waals surface area contributed by atoms with E-state index in [1.54, 1.807) is 13.3 Å². The van der Waals surface area contributed by atoms with E-state index in [4.69, 9.17) is 16.2 Å². The zero-order chi connectivity index (χ0) is 21.9. The van der Waals surface area contributed by atoms with Gasteiger partial charge in [0, 0.05) is 23.8 Å². The van der Waals surface area contributed by atoms with Gasteiger partial charge in [0.1, 0.15) is 16.8 Å². The number of rotatable bonds is 9. The first-order valence-electron chi connectivity index (χ1n) is 10.1. The molecule has 0 aliphatic heterocycles. The normalized spacial score (nSPS) is 12.9. The largest absolute Gasteiger partial charge is 0.496 e. The number of hydrogen-bond acceptors (Lipinski definition) is 8. The van der Waals surface area contributed by atoms with Crippen LogP contribution >= 0.6 is 0 Å². The van der Waals surface area contributed by atoms with E-state index in [1.165, 1.54) is 0 Å². The molecule has 2 aromatic heterocycles. The third-order valence-corrected chi connectivity index (χ3v) is 5.17. The highest BCUT2D eigenvalue weighted by Crippen LogP contribution is 2.29. The van der Waals surface area contributed by atoms with E-state index >= 15 is 0 Å². The Labute approximate surface area is 176 Å². The predicted molar refractivity (Wildman–Crippen MR) is 118 cm³/mol. The average Bonchev–Trinajstić information content (AvgIpc) is 3.09. The minimum atomic E-state index is -0.464. The molecule has 1 aromatic carbocycles. The fourth-order valence-electron chi connectivity index (χ4n) is 3.40. The predicted octanol–water partition coefficient (Wildman–Crippen LogP) is 2.23. The molecule has 3 rings (SSSR count). The third-order valence-electron chi connectivity index (χ3n) is 5.17. The smallest absolute Gasteiger partial charge is 0.222 e. The Balaban J connectivity index is 2.01. The maximum absolute atomic E-state index is 9.32. The van der Waals surface area contributed by atoms with E-state index in [1.807, 2.05) is 36.7 Å². The summed E-state index contributed by atoms with van der Waals surface area (Å²) >= 11 is 0. The number of benzene rings is 1. The van der Waals surface area contributed by atoms with Gasteiger partial charge < -0.3 is 26.6 Å². The van der Waals surface area contributed by atoms with Crippen LogP contribution in [0.1, 0.15) is 44.7 Å². The molecule has 0 radical (unpaired) electrons. The lowest BCUT2D eigenvalue weighted by molar-refractivity contribution is 0.278. The van der Waals surface area contributed by atoms with Crippen molar-refractivity contribution in [3.63, 3.8) is 0 Å². The zero-order valence-corrected chi connectivity index (χ0v) is 18.0. The summed E-state index contributed by atoms with van der Waals surface area (Å²) in [6.45, 7) is 6.53. The van der Waals surface area contributed by atoms with Gasteiger partial charge in [0.05, 0.1) is 19.9 Å². The van der Waals surface area contributed by atoms with Gasteiger partial charge in [-0.3, -0.25) is 4.68 Å². The van der Waals surface area contributed by atoms with Gasteiger partial charge >= 0.3 is 0 Å². The lowest BCUT2D eigenvalue weighted by atomic mass is 9.94. The van der Waals surface area contributed by atoms with E-state index in [0.717, 1.165) is 28.8 Å². The topological polar surface area (TPSA) is 137 Å². The van der Waals surface area contributed by atoms with Gasteiger partial charge in [-0.05, 0) is 38.3 Å². The number of aliphatic hydroxyl groups is 1. The Morgan fingerprint density at radius 2 is 2.07 bits per heavy atom. The molecule has 1 unspecified atom stereocenters. The molecular formula is C21H31N7O2. The molecule has 0 spiro atoms. The monoisotopic (exact) mass is 413 g/mol. The molecule has 0 amide bonds. The Hall–Kier alpha value is -2.91. The number of nitrogens with one attached hydrogen (secondary N) is 1. The molecule has 0 fully saturated rings. The highest BCUT2D eigenvalue weighted by atomic mass is 16.5. The first-order chi connectivity index (χ1) is 14.3. The average molecular weight is 414 g/mol. The SMILES string of the molecule is CCC(CCO)Nc1nc(N)nc2cnn(Cc3ccc(C(C)(C)N)cc3OC)c12. The third kappa shape index (κ3) is 4.63. The Morgan fingerprint density at radius 1 is 1.30 bits per heavy atom. The van der Waals surface area contributed by atoms with Crippen molar-refractivity contribution in [2.24, 2.45) is 5.73 Å². The Bertz CT molecular complexity index is 1010. The number of nitrogens with zero attached hydrogens (tertiary/aromatic N) is 4. The quantitative estimate of drug-likeness (QED) is 0.419. The van der Waals surface area contributed by atoms with Crippen molar-refractivity contribution in [1.82, 2.24) is 19.7 Å². The summed E-state index contributed by atoms with van der Waals surface area (Å²) < 4.78 is 7.44. The van der Waals surface area contributed by atoms with E-state index in [9.17, 15) is 5.11 Å². The molecule has 0 saturated carbocycles. The highest BCUT2D eigenvalue weighted by Gasteiger charge is 2.19. The molecule has 9 heteroatoms. The van der Waals surface area contributed by atoms with Crippen molar-refractivity contribution in [1.29, 1.82) is 0 Å². The summed E-state index contributed by atoms with van der Waals surface area (Å²) in [5, 5.41) is 17.2. The van der Waals surface area contributed by atoms with E-state index < -0.39 is 5.54 Å². The van der Waals surface area contributed by atoms with Crippen LogP contribution in [0.4, 0.5) is 11.8 Å². The van der Waals surface area contributed by atoms with Gasteiger partial charge in [-0.1, -0.05) is 19.1 Å². The molecule has 0 saturated heterocycles. The summed E-state index contributed by atoms with van der Waals surface area (Å²) in [5.74, 6) is 1.52. The molecule has 3 aromatic rings. The van der Waals surface area contributed by atoms with E-state index in [-0.39, 0.29) is 18.6 Å². The first-order valence-corrected chi connectivity index (χ1v) is 10.1. The van der Waals surface area contributed by atoms with Crippen LogP contribution in [0.5, 0.6) is 5.75 Å². The van der Waals surface area contributed by atoms with E-state index in [2.05, 4.69) is 27.3 Å². The number of methoxy groups -OCH3 is 1. The summed E-state index contributed by atoms with van der Waals surface area (Å²) in [6.07, 6.45) is 3.12. The fraction of sp³-hybridized carbons (Fsp3) is 0.476. The number of aromatic nitrogens is 4. The fourth-order valence-corrected chi connectivity index (χ4v) is 3.40. The molecule has 6 N–H and O–H groups in total. The van der Waals surface area contributed by atoms with Gasteiger partial charge in [0.2, 0.25) is 5.95 Å². The Morgan fingerprint density at radius 3 is 2.70 bits per heavy atom. The van der Waals surface area contributed by atoms with Crippen LogP contribution < -0.4 is 21.5 Å². The van der Waals surface area contributed by atoms with Gasteiger partial charge in [0.25, 0.3) is 0 Å². The number of fused-ring (bicyclic) bond motifs is 1. The molecule has 1 atom stereocenters.